The summed E-state index contributed by atoms with van der Waals surface area (Å²) in [7, 11) is 0. The van der Waals surface area contributed by atoms with Gasteiger partial charge in [-0.05, 0) is 48.2 Å². The van der Waals surface area contributed by atoms with Gasteiger partial charge in [0.05, 0.1) is 17.0 Å². The minimum absolute atomic E-state index is 0.129. The summed E-state index contributed by atoms with van der Waals surface area (Å²) in [6, 6.07) is 21.9. The number of rotatable bonds is 9. The van der Waals surface area contributed by atoms with Gasteiger partial charge in [-0.25, -0.2) is 0 Å². The van der Waals surface area contributed by atoms with E-state index in [-0.39, 0.29) is 25.0 Å². The van der Waals surface area contributed by atoms with Gasteiger partial charge >= 0.3 is 0 Å². The van der Waals surface area contributed by atoms with Crippen molar-refractivity contribution in [3.8, 4) is 27.3 Å². The summed E-state index contributed by atoms with van der Waals surface area (Å²) in [5.41, 5.74) is 8.07. The van der Waals surface area contributed by atoms with Crippen LogP contribution in [0.5, 0.6) is 5.75 Å². The third-order valence-corrected chi connectivity index (χ3v) is 9.78. The fourth-order valence-electron chi connectivity index (χ4n) is 5.49. The van der Waals surface area contributed by atoms with Crippen LogP contribution in [0.1, 0.15) is 35.0 Å². The number of amides is 3. The lowest BCUT2D eigenvalue weighted by Gasteiger charge is -2.40. The van der Waals surface area contributed by atoms with Crippen LogP contribution in [0.15, 0.2) is 72.8 Å². The highest BCUT2D eigenvalue weighted by atomic mass is 35.5. The second kappa shape index (κ2) is 13.6. The standard InChI is InChI=1S/C33H30Cl3N3O4S/c1-20(40)38-15-18-43-28-27(21-7-9-23(34)10-8-21)29(25-12-11-24(35)19-26(25)36)44-30(28)31(41)39-16-13-33(14-17-39,32(37)42)22-5-3-2-4-6-22/h2-12,19H,13-18H2,1H3,(H2,37,42)(H,38,40). The largest absolute Gasteiger partial charge is 0.489 e. The van der Waals surface area contributed by atoms with Gasteiger partial charge in [-0.15, -0.1) is 11.3 Å². The number of thiophene rings is 1. The first kappa shape index (κ1) is 31.9. The Hall–Kier alpha value is -3.56. The van der Waals surface area contributed by atoms with Gasteiger partial charge in [-0.2, -0.15) is 0 Å². The lowest BCUT2D eigenvalue weighted by atomic mass is 9.72. The SMILES string of the molecule is CC(=O)NCCOc1c(C(=O)N2CCC(C(N)=O)(c3ccccc3)CC2)sc(-c2ccc(Cl)cc2Cl)c1-c1ccc(Cl)cc1. The molecule has 0 spiro atoms. The number of halogens is 3. The number of hydrogen-bond acceptors (Lipinski definition) is 5. The minimum atomic E-state index is -0.859. The van der Waals surface area contributed by atoms with Crippen LogP contribution in [-0.2, 0) is 15.0 Å². The van der Waals surface area contributed by atoms with Crippen molar-refractivity contribution in [2.45, 2.75) is 25.2 Å². The highest BCUT2D eigenvalue weighted by Crippen LogP contribution is 2.51. The fraction of sp³-hybridized carbons (Fsp3) is 0.242. The van der Waals surface area contributed by atoms with E-state index in [1.165, 1.54) is 18.3 Å². The quantitative estimate of drug-likeness (QED) is 0.184. The van der Waals surface area contributed by atoms with Crippen LogP contribution in [0.3, 0.4) is 0 Å². The van der Waals surface area contributed by atoms with Gasteiger partial charge in [0.1, 0.15) is 11.5 Å². The topological polar surface area (TPSA) is 102 Å². The Kier molecular flexibility index (Phi) is 9.85. The van der Waals surface area contributed by atoms with Crippen LogP contribution in [0.4, 0.5) is 0 Å². The Balaban J connectivity index is 1.57. The molecule has 0 atom stereocenters. The number of carbonyl (C=O) groups is 3. The summed E-state index contributed by atoms with van der Waals surface area (Å²) < 4.78 is 6.30. The molecule has 7 nitrogen and oxygen atoms in total. The molecule has 228 valence electrons. The van der Waals surface area contributed by atoms with Crippen LogP contribution in [-0.4, -0.2) is 48.9 Å². The van der Waals surface area contributed by atoms with E-state index in [1.54, 1.807) is 29.2 Å². The molecular weight excluding hydrogens is 641 g/mol. The molecule has 44 heavy (non-hydrogen) atoms. The molecule has 2 heterocycles. The van der Waals surface area contributed by atoms with Gasteiger partial charge in [-0.3, -0.25) is 14.4 Å². The van der Waals surface area contributed by atoms with Crippen LogP contribution in [0.2, 0.25) is 15.1 Å². The molecule has 0 unspecified atom stereocenters. The van der Waals surface area contributed by atoms with E-state index in [0.717, 1.165) is 16.0 Å². The van der Waals surface area contributed by atoms with Crippen molar-refractivity contribution in [2.75, 3.05) is 26.2 Å². The van der Waals surface area contributed by atoms with Crippen molar-refractivity contribution < 1.29 is 19.1 Å². The second-order valence-electron chi connectivity index (χ2n) is 10.5. The van der Waals surface area contributed by atoms with Crippen molar-refractivity contribution >= 4 is 63.9 Å². The lowest BCUT2D eigenvalue weighted by Crippen LogP contribution is -2.51. The van der Waals surface area contributed by atoms with Crippen LogP contribution >= 0.6 is 46.1 Å². The third-order valence-electron chi connectivity index (χ3n) is 7.79. The van der Waals surface area contributed by atoms with Gasteiger partial charge < -0.3 is 20.7 Å². The number of primary amides is 1. The van der Waals surface area contributed by atoms with E-state index in [0.29, 0.717) is 62.8 Å². The number of hydrogen-bond donors (Lipinski definition) is 2. The Morgan fingerprint density at radius 1 is 0.955 bits per heavy atom. The predicted octanol–water partition coefficient (Wildman–Crippen LogP) is 7.22. The predicted molar refractivity (Wildman–Crippen MR) is 177 cm³/mol. The molecule has 4 aromatic rings. The fourth-order valence-corrected chi connectivity index (χ4v) is 7.45. The average molecular weight is 671 g/mol. The van der Waals surface area contributed by atoms with Gasteiger partial charge in [0, 0.05) is 46.1 Å². The number of ether oxygens (including phenoxy) is 1. The Bertz CT molecular complexity index is 1680. The lowest BCUT2D eigenvalue weighted by molar-refractivity contribution is -0.125. The molecule has 3 aromatic carbocycles. The molecule has 1 saturated heterocycles. The maximum absolute atomic E-state index is 14.3. The number of carbonyl (C=O) groups excluding carboxylic acids is 3. The zero-order valence-corrected chi connectivity index (χ0v) is 27.0. The highest BCUT2D eigenvalue weighted by molar-refractivity contribution is 7.18. The molecule has 3 amide bonds. The van der Waals surface area contributed by atoms with Gasteiger partial charge in [0.25, 0.3) is 5.91 Å². The summed E-state index contributed by atoms with van der Waals surface area (Å²) in [5.74, 6) is -0.448. The van der Waals surface area contributed by atoms with Crippen molar-refractivity contribution in [3.05, 3.63) is 98.3 Å². The van der Waals surface area contributed by atoms with Crippen molar-refractivity contribution in [2.24, 2.45) is 5.73 Å². The summed E-state index contributed by atoms with van der Waals surface area (Å²) >= 11 is 20.4. The number of nitrogens with two attached hydrogens (primary N) is 1. The van der Waals surface area contributed by atoms with E-state index >= 15 is 0 Å². The van der Waals surface area contributed by atoms with E-state index in [2.05, 4.69) is 5.32 Å². The van der Waals surface area contributed by atoms with E-state index in [4.69, 9.17) is 45.3 Å². The zero-order valence-electron chi connectivity index (χ0n) is 23.9. The molecule has 1 aromatic heterocycles. The molecule has 1 aliphatic heterocycles. The van der Waals surface area contributed by atoms with Gasteiger partial charge in [-0.1, -0.05) is 83.3 Å². The molecule has 1 aliphatic rings. The first-order valence-corrected chi connectivity index (χ1v) is 16.0. The average Bonchev–Trinajstić information content (AvgIpc) is 3.38. The Morgan fingerprint density at radius 2 is 1.61 bits per heavy atom. The molecular formula is C33H30Cl3N3O4S. The van der Waals surface area contributed by atoms with Crippen LogP contribution in [0, 0.1) is 0 Å². The number of nitrogens with one attached hydrogen (secondary N) is 1. The third kappa shape index (κ3) is 6.59. The van der Waals surface area contributed by atoms with Crippen LogP contribution < -0.4 is 15.8 Å². The zero-order chi connectivity index (χ0) is 31.4. The summed E-state index contributed by atoms with van der Waals surface area (Å²) in [4.78, 5) is 41.4. The number of benzene rings is 3. The molecule has 5 rings (SSSR count). The molecule has 0 radical (unpaired) electrons. The summed E-state index contributed by atoms with van der Waals surface area (Å²) in [5, 5.41) is 4.19. The number of likely N-dealkylation sites (tertiary alicyclic amines) is 1. The maximum Gasteiger partial charge on any atom is 0.267 e. The molecule has 3 N–H and O–H groups in total. The van der Waals surface area contributed by atoms with Gasteiger partial charge in [0.2, 0.25) is 11.8 Å². The monoisotopic (exact) mass is 669 g/mol. The summed E-state index contributed by atoms with van der Waals surface area (Å²) in [6.45, 7) is 2.46. The summed E-state index contributed by atoms with van der Waals surface area (Å²) in [6.07, 6.45) is 0.782. The molecule has 0 saturated carbocycles. The van der Waals surface area contributed by atoms with E-state index < -0.39 is 11.3 Å². The molecule has 0 bridgehead atoms. The Labute approximate surface area is 274 Å². The smallest absolute Gasteiger partial charge is 0.267 e. The van der Waals surface area contributed by atoms with Crippen molar-refractivity contribution in [1.29, 1.82) is 0 Å². The maximum atomic E-state index is 14.3. The van der Waals surface area contributed by atoms with Gasteiger partial charge in [0.15, 0.2) is 5.75 Å². The van der Waals surface area contributed by atoms with Crippen LogP contribution in [0.25, 0.3) is 21.6 Å². The van der Waals surface area contributed by atoms with E-state index in [9.17, 15) is 14.4 Å². The highest BCUT2D eigenvalue weighted by Gasteiger charge is 2.43. The first-order chi connectivity index (χ1) is 21.1. The first-order valence-electron chi connectivity index (χ1n) is 14.0. The number of piperidine rings is 1. The second-order valence-corrected chi connectivity index (χ2v) is 12.8. The molecule has 11 heteroatoms. The van der Waals surface area contributed by atoms with Crippen molar-refractivity contribution in [1.82, 2.24) is 10.2 Å². The normalized spacial score (nSPS) is 14.2. The minimum Gasteiger partial charge on any atom is -0.489 e. The molecule has 0 aliphatic carbocycles. The van der Waals surface area contributed by atoms with E-state index in [1.807, 2.05) is 48.5 Å². The Morgan fingerprint density at radius 3 is 2.23 bits per heavy atom. The van der Waals surface area contributed by atoms with Crippen molar-refractivity contribution in [3.63, 3.8) is 0 Å². The number of nitrogens with zero attached hydrogens (tertiary/aromatic N) is 1. The molecule has 1 fully saturated rings.